The van der Waals surface area contributed by atoms with Crippen molar-refractivity contribution in [1.29, 1.82) is 0 Å². The zero-order valence-electron chi connectivity index (χ0n) is 10.7. The molecule has 0 saturated heterocycles. The van der Waals surface area contributed by atoms with Crippen molar-refractivity contribution in [3.05, 3.63) is 62.5 Å². The molecule has 2 rings (SSSR count). The second-order valence-corrected chi connectivity index (χ2v) is 5.07. The normalized spacial score (nSPS) is 10.3. The molecule has 0 unspecified atom stereocenters. The quantitative estimate of drug-likeness (QED) is 0.871. The van der Waals surface area contributed by atoms with Crippen molar-refractivity contribution in [3.8, 4) is 5.75 Å². The van der Waals surface area contributed by atoms with Gasteiger partial charge in [-0.1, -0.05) is 28.1 Å². The van der Waals surface area contributed by atoms with Crippen LogP contribution in [0.5, 0.6) is 5.75 Å². The standard InChI is InChI=1S/C14H12BrNO4/c1-20-14(19)11-8-16(13(18)6-12(11)17)7-9-2-4-10(15)5-3-9/h2-6,8,17H,7H2,1H3. The van der Waals surface area contributed by atoms with Gasteiger partial charge in [-0.3, -0.25) is 4.79 Å². The minimum absolute atomic E-state index is 0.0378. The van der Waals surface area contributed by atoms with E-state index >= 15 is 0 Å². The van der Waals surface area contributed by atoms with Crippen LogP contribution in [0.15, 0.2) is 45.8 Å². The van der Waals surface area contributed by atoms with Crippen molar-refractivity contribution in [2.45, 2.75) is 6.54 Å². The molecule has 0 aliphatic heterocycles. The third kappa shape index (κ3) is 3.08. The molecule has 0 aliphatic rings. The highest BCUT2D eigenvalue weighted by molar-refractivity contribution is 9.10. The smallest absolute Gasteiger partial charge is 0.343 e. The van der Waals surface area contributed by atoms with Crippen LogP contribution in [0.1, 0.15) is 15.9 Å². The molecule has 1 aromatic carbocycles. The van der Waals surface area contributed by atoms with Gasteiger partial charge in [0.2, 0.25) is 0 Å². The van der Waals surface area contributed by atoms with Crippen LogP contribution in [0.2, 0.25) is 0 Å². The van der Waals surface area contributed by atoms with Crippen LogP contribution < -0.4 is 5.56 Å². The second kappa shape index (κ2) is 5.92. The highest BCUT2D eigenvalue weighted by Gasteiger charge is 2.14. The number of nitrogens with zero attached hydrogens (tertiary/aromatic N) is 1. The van der Waals surface area contributed by atoms with Gasteiger partial charge in [-0.25, -0.2) is 4.79 Å². The van der Waals surface area contributed by atoms with E-state index in [1.165, 1.54) is 17.9 Å². The molecule has 104 valence electrons. The molecule has 20 heavy (non-hydrogen) atoms. The molecule has 1 aromatic heterocycles. The van der Waals surface area contributed by atoms with Crippen molar-refractivity contribution in [3.63, 3.8) is 0 Å². The van der Waals surface area contributed by atoms with E-state index < -0.39 is 11.5 Å². The van der Waals surface area contributed by atoms with Crippen molar-refractivity contribution in [1.82, 2.24) is 4.57 Å². The van der Waals surface area contributed by atoms with E-state index in [0.717, 1.165) is 16.1 Å². The minimum Gasteiger partial charge on any atom is -0.507 e. The highest BCUT2D eigenvalue weighted by atomic mass is 79.9. The lowest BCUT2D eigenvalue weighted by Crippen LogP contribution is -2.21. The van der Waals surface area contributed by atoms with Crippen LogP contribution in [0.25, 0.3) is 0 Å². The summed E-state index contributed by atoms with van der Waals surface area (Å²) in [7, 11) is 1.21. The first kappa shape index (κ1) is 14.3. The first-order valence-electron chi connectivity index (χ1n) is 5.77. The fourth-order valence-electron chi connectivity index (χ4n) is 1.74. The molecule has 0 fully saturated rings. The topological polar surface area (TPSA) is 68.5 Å². The van der Waals surface area contributed by atoms with Crippen LogP contribution in [-0.4, -0.2) is 22.8 Å². The number of halogens is 1. The number of aromatic hydroxyl groups is 1. The third-order valence-corrected chi connectivity index (χ3v) is 3.30. The van der Waals surface area contributed by atoms with Gasteiger partial charge in [0.15, 0.2) is 0 Å². The number of carbonyl (C=O) groups excluding carboxylic acids is 1. The molecule has 0 spiro atoms. The molecule has 0 saturated carbocycles. The zero-order chi connectivity index (χ0) is 14.7. The van der Waals surface area contributed by atoms with Crippen LogP contribution in [-0.2, 0) is 11.3 Å². The average molecular weight is 338 g/mol. The summed E-state index contributed by atoms with van der Waals surface area (Å²) in [6.07, 6.45) is 1.30. The first-order chi connectivity index (χ1) is 9.51. The van der Waals surface area contributed by atoms with Crippen molar-refractivity contribution in [2.24, 2.45) is 0 Å². The third-order valence-electron chi connectivity index (χ3n) is 2.78. The summed E-state index contributed by atoms with van der Waals surface area (Å²) in [4.78, 5) is 23.3. The van der Waals surface area contributed by atoms with Gasteiger partial charge in [-0.15, -0.1) is 0 Å². The van der Waals surface area contributed by atoms with Crippen molar-refractivity contribution < 1.29 is 14.6 Å². The first-order valence-corrected chi connectivity index (χ1v) is 6.57. The summed E-state index contributed by atoms with van der Waals surface area (Å²) >= 11 is 3.33. The molecule has 0 aliphatic carbocycles. The van der Waals surface area contributed by atoms with Gasteiger partial charge in [-0.05, 0) is 17.7 Å². The van der Waals surface area contributed by atoms with Gasteiger partial charge in [0.05, 0.1) is 13.7 Å². The fourth-order valence-corrected chi connectivity index (χ4v) is 2.00. The summed E-state index contributed by atoms with van der Waals surface area (Å²) in [5.41, 5.74) is 0.471. The van der Waals surface area contributed by atoms with Gasteiger partial charge in [0.25, 0.3) is 5.56 Å². The Morgan fingerprint density at radius 3 is 2.60 bits per heavy atom. The lowest BCUT2D eigenvalue weighted by atomic mass is 10.2. The van der Waals surface area contributed by atoms with E-state index in [9.17, 15) is 14.7 Å². The van der Waals surface area contributed by atoms with Gasteiger partial charge in [0, 0.05) is 16.7 Å². The molecular formula is C14H12BrNO4. The molecule has 2 aromatic rings. The Kier molecular flexibility index (Phi) is 4.24. The fraction of sp³-hybridized carbons (Fsp3) is 0.143. The maximum absolute atomic E-state index is 11.8. The molecule has 0 radical (unpaired) electrons. The minimum atomic E-state index is -0.688. The van der Waals surface area contributed by atoms with E-state index in [2.05, 4.69) is 20.7 Å². The Morgan fingerprint density at radius 1 is 1.35 bits per heavy atom. The van der Waals surface area contributed by atoms with Gasteiger partial charge in [-0.2, -0.15) is 0 Å². The zero-order valence-corrected chi connectivity index (χ0v) is 12.3. The van der Waals surface area contributed by atoms with Gasteiger partial charge >= 0.3 is 5.97 Å². The summed E-state index contributed by atoms with van der Waals surface area (Å²) in [5.74, 6) is -1.07. The number of carbonyl (C=O) groups is 1. The SMILES string of the molecule is COC(=O)c1cn(Cc2ccc(Br)cc2)c(=O)cc1O. The van der Waals surface area contributed by atoms with Crippen LogP contribution in [0, 0.1) is 0 Å². The Hall–Kier alpha value is -2.08. The van der Waals surface area contributed by atoms with Crippen molar-refractivity contribution >= 4 is 21.9 Å². The number of hydrogen-bond donors (Lipinski definition) is 1. The lowest BCUT2D eigenvalue weighted by Gasteiger charge is -2.09. The Labute approximate surface area is 123 Å². The van der Waals surface area contributed by atoms with Crippen LogP contribution in [0.4, 0.5) is 0 Å². The number of hydrogen-bond acceptors (Lipinski definition) is 4. The lowest BCUT2D eigenvalue weighted by molar-refractivity contribution is 0.0596. The Morgan fingerprint density at radius 2 is 2.00 bits per heavy atom. The summed E-state index contributed by atoms with van der Waals surface area (Å²) < 4.78 is 6.84. The maximum atomic E-state index is 11.8. The number of ether oxygens (including phenoxy) is 1. The molecule has 1 heterocycles. The largest absolute Gasteiger partial charge is 0.507 e. The van der Waals surface area contributed by atoms with Gasteiger partial charge < -0.3 is 14.4 Å². The van der Waals surface area contributed by atoms with E-state index in [1.54, 1.807) is 0 Å². The predicted octanol–water partition coefficient (Wildman–Crippen LogP) is 2.15. The van der Waals surface area contributed by atoms with Crippen molar-refractivity contribution in [2.75, 3.05) is 7.11 Å². The summed E-state index contributed by atoms with van der Waals surface area (Å²) in [6.45, 7) is 0.302. The number of rotatable bonds is 3. The van der Waals surface area contributed by atoms with Gasteiger partial charge in [0.1, 0.15) is 11.3 Å². The number of aromatic nitrogens is 1. The van der Waals surface area contributed by atoms with E-state index in [4.69, 9.17) is 0 Å². The van der Waals surface area contributed by atoms with E-state index in [1.807, 2.05) is 24.3 Å². The number of benzene rings is 1. The Bertz CT molecular complexity index is 691. The molecule has 0 bridgehead atoms. The molecule has 0 atom stereocenters. The molecule has 5 nitrogen and oxygen atoms in total. The van der Waals surface area contributed by atoms with E-state index in [-0.39, 0.29) is 11.3 Å². The molecule has 0 amide bonds. The number of pyridine rings is 1. The monoisotopic (exact) mass is 337 g/mol. The summed E-state index contributed by atoms with van der Waals surface area (Å²) in [5, 5.41) is 9.60. The average Bonchev–Trinajstić information content (AvgIpc) is 2.43. The number of methoxy groups -OCH3 is 1. The second-order valence-electron chi connectivity index (χ2n) is 4.16. The van der Waals surface area contributed by atoms with Crippen LogP contribution in [0.3, 0.4) is 0 Å². The Balaban J connectivity index is 2.39. The highest BCUT2D eigenvalue weighted by Crippen LogP contribution is 2.16. The predicted molar refractivity (Wildman–Crippen MR) is 77.0 cm³/mol. The maximum Gasteiger partial charge on any atom is 0.343 e. The molecular weight excluding hydrogens is 326 g/mol. The van der Waals surface area contributed by atoms with Crippen LogP contribution >= 0.6 is 15.9 Å². The number of esters is 1. The summed E-state index contributed by atoms with van der Waals surface area (Å²) in [6, 6.07) is 8.46. The van der Waals surface area contributed by atoms with E-state index in [0.29, 0.717) is 6.54 Å². The molecule has 6 heteroatoms. The molecule has 1 N–H and O–H groups in total.